The van der Waals surface area contributed by atoms with E-state index < -0.39 is 24.1 Å². The van der Waals surface area contributed by atoms with E-state index in [0.29, 0.717) is 41.3 Å². The van der Waals surface area contributed by atoms with Crippen molar-refractivity contribution in [1.82, 2.24) is 29.4 Å². The van der Waals surface area contributed by atoms with Gasteiger partial charge in [-0.15, -0.1) is 10.2 Å². The van der Waals surface area contributed by atoms with E-state index in [1.165, 1.54) is 4.57 Å². The molecule has 1 N–H and O–H groups in total. The van der Waals surface area contributed by atoms with Gasteiger partial charge in [-0.05, 0) is 43.7 Å². The third kappa shape index (κ3) is 3.42. The molecule has 34 heavy (non-hydrogen) atoms. The van der Waals surface area contributed by atoms with E-state index in [1.807, 2.05) is 0 Å². The lowest BCUT2D eigenvalue weighted by atomic mass is 9.75. The van der Waals surface area contributed by atoms with Crippen LogP contribution in [-0.4, -0.2) is 54.1 Å². The Morgan fingerprint density at radius 1 is 1.18 bits per heavy atom. The molecule has 0 atom stereocenters. The van der Waals surface area contributed by atoms with Crippen LogP contribution in [0.1, 0.15) is 44.9 Å². The maximum atomic E-state index is 13.0. The second-order valence-corrected chi connectivity index (χ2v) is 9.05. The topological polar surface area (TPSA) is 128 Å². The Morgan fingerprint density at radius 2 is 1.91 bits per heavy atom. The van der Waals surface area contributed by atoms with Crippen LogP contribution in [-0.2, 0) is 28.0 Å². The highest BCUT2D eigenvalue weighted by atomic mass is 16.5. The number of carbonyl (C=O) groups excluding carboxylic acids is 3. The molecule has 1 aliphatic carbocycles. The molecule has 1 saturated heterocycles. The lowest BCUT2D eigenvalue weighted by molar-refractivity contribution is -0.149. The number of ether oxygens (including phenoxy) is 1. The fraction of sp³-hybridized carbons (Fsp3) is 0.478. The summed E-state index contributed by atoms with van der Waals surface area (Å²) < 4.78 is 8.39. The van der Waals surface area contributed by atoms with E-state index in [9.17, 15) is 19.2 Å². The molecule has 2 fully saturated rings. The summed E-state index contributed by atoms with van der Waals surface area (Å²) in [6.07, 6.45) is 3.96. The predicted octanol–water partition coefficient (Wildman–Crippen LogP) is 1.52. The smallest absolute Gasteiger partial charge is 0.326 e. The number of hydrogen-bond acceptors (Lipinski definition) is 7. The minimum absolute atomic E-state index is 0.209. The van der Waals surface area contributed by atoms with Crippen molar-refractivity contribution in [3.8, 4) is 0 Å². The van der Waals surface area contributed by atoms with Crippen LogP contribution in [0, 0.1) is 5.92 Å². The number of aryl methyl sites for hydroxylation is 1. The Balaban J connectivity index is 1.31. The Labute approximate surface area is 194 Å². The SMILES string of the molecule is CCC1CCC2(CC1)NC(=O)N(CC(=O)OCc1nnc3n(C)c(=O)c4ccccc4n13)C2=O. The molecule has 1 saturated carbocycles. The molecule has 3 heterocycles. The number of benzene rings is 1. The van der Waals surface area contributed by atoms with E-state index in [2.05, 4.69) is 22.4 Å². The van der Waals surface area contributed by atoms with Crippen molar-refractivity contribution in [2.75, 3.05) is 6.54 Å². The number of hydrogen-bond donors (Lipinski definition) is 1. The minimum Gasteiger partial charge on any atom is -0.456 e. The third-order valence-corrected chi connectivity index (χ3v) is 7.12. The van der Waals surface area contributed by atoms with Gasteiger partial charge in [-0.25, -0.2) is 4.79 Å². The van der Waals surface area contributed by atoms with Crippen LogP contribution in [0.15, 0.2) is 29.1 Å². The Bertz CT molecular complexity index is 1370. The molecular formula is C23H26N6O5. The van der Waals surface area contributed by atoms with E-state index in [1.54, 1.807) is 35.7 Å². The lowest BCUT2D eigenvalue weighted by Gasteiger charge is -2.34. The Morgan fingerprint density at radius 3 is 2.65 bits per heavy atom. The van der Waals surface area contributed by atoms with Crippen molar-refractivity contribution < 1.29 is 19.1 Å². The minimum atomic E-state index is -0.907. The van der Waals surface area contributed by atoms with Gasteiger partial charge in [0, 0.05) is 7.05 Å². The van der Waals surface area contributed by atoms with E-state index in [0.717, 1.165) is 24.2 Å². The van der Waals surface area contributed by atoms with E-state index in [-0.39, 0.29) is 18.1 Å². The second-order valence-electron chi connectivity index (χ2n) is 9.05. The van der Waals surface area contributed by atoms with Crippen LogP contribution in [0.4, 0.5) is 4.79 Å². The maximum Gasteiger partial charge on any atom is 0.326 e. The average molecular weight is 466 g/mol. The van der Waals surface area contributed by atoms with Gasteiger partial charge in [-0.1, -0.05) is 25.5 Å². The molecule has 1 aromatic carbocycles. The summed E-state index contributed by atoms with van der Waals surface area (Å²) in [5.74, 6) is 0.102. The number of aromatic nitrogens is 4. The van der Waals surface area contributed by atoms with Gasteiger partial charge in [0.05, 0.1) is 10.9 Å². The third-order valence-electron chi connectivity index (χ3n) is 7.12. The predicted molar refractivity (Wildman–Crippen MR) is 121 cm³/mol. The number of nitrogens with one attached hydrogen (secondary N) is 1. The summed E-state index contributed by atoms with van der Waals surface area (Å²) in [6, 6.07) is 6.45. The molecule has 1 spiro atoms. The zero-order valence-electron chi connectivity index (χ0n) is 19.1. The summed E-state index contributed by atoms with van der Waals surface area (Å²) in [6.45, 7) is 1.43. The molecule has 3 aromatic rings. The van der Waals surface area contributed by atoms with Crippen LogP contribution < -0.4 is 10.9 Å². The molecule has 0 unspecified atom stereocenters. The summed E-state index contributed by atoms with van der Waals surface area (Å²) in [7, 11) is 1.59. The fourth-order valence-electron chi connectivity index (χ4n) is 5.04. The molecule has 11 nitrogen and oxygen atoms in total. The highest BCUT2D eigenvalue weighted by Crippen LogP contribution is 2.37. The van der Waals surface area contributed by atoms with Crippen molar-refractivity contribution in [1.29, 1.82) is 0 Å². The monoisotopic (exact) mass is 466 g/mol. The van der Waals surface area contributed by atoms with E-state index >= 15 is 0 Å². The number of amides is 3. The average Bonchev–Trinajstić information content (AvgIpc) is 3.37. The molecular weight excluding hydrogens is 440 g/mol. The quantitative estimate of drug-likeness (QED) is 0.446. The number of nitrogens with zero attached hydrogens (tertiary/aromatic N) is 5. The molecule has 0 radical (unpaired) electrons. The number of rotatable bonds is 5. The van der Waals surface area contributed by atoms with Crippen molar-refractivity contribution in [3.05, 3.63) is 40.4 Å². The molecule has 5 rings (SSSR count). The number of urea groups is 1. The summed E-state index contributed by atoms with van der Waals surface area (Å²) in [5, 5.41) is 11.4. The first-order valence-electron chi connectivity index (χ1n) is 11.5. The summed E-state index contributed by atoms with van der Waals surface area (Å²) >= 11 is 0. The first kappa shape index (κ1) is 22.1. The molecule has 0 bridgehead atoms. The number of fused-ring (bicyclic) bond motifs is 3. The molecule has 11 heteroatoms. The van der Waals surface area contributed by atoms with Gasteiger partial charge in [0.25, 0.3) is 11.5 Å². The standard InChI is InChI=1S/C23H26N6O5/c1-3-14-8-10-23(11-9-14)20(32)28(22(33)24-23)12-18(30)34-13-17-25-26-21-27(2)19(31)15-6-4-5-7-16(15)29(17)21/h4-7,14H,3,8-13H2,1-2H3,(H,24,33). The number of esters is 1. The zero-order chi connectivity index (χ0) is 24.0. The molecule has 2 aliphatic rings. The molecule has 178 valence electrons. The largest absolute Gasteiger partial charge is 0.456 e. The van der Waals surface area contributed by atoms with Crippen molar-refractivity contribution in [2.24, 2.45) is 13.0 Å². The molecule has 1 aliphatic heterocycles. The van der Waals surface area contributed by atoms with Gasteiger partial charge in [-0.3, -0.25) is 28.3 Å². The fourth-order valence-corrected chi connectivity index (χ4v) is 5.04. The van der Waals surface area contributed by atoms with Gasteiger partial charge < -0.3 is 10.1 Å². The molecule has 2 aromatic heterocycles. The van der Waals surface area contributed by atoms with Crippen LogP contribution >= 0.6 is 0 Å². The van der Waals surface area contributed by atoms with Crippen LogP contribution in [0.3, 0.4) is 0 Å². The van der Waals surface area contributed by atoms with Crippen LogP contribution in [0.2, 0.25) is 0 Å². The first-order valence-corrected chi connectivity index (χ1v) is 11.5. The van der Waals surface area contributed by atoms with Gasteiger partial charge in [-0.2, -0.15) is 0 Å². The Kier molecular flexibility index (Phi) is 5.34. The Hall–Kier alpha value is -3.76. The number of imide groups is 1. The van der Waals surface area contributed by atoms with Crippen LogP contribution in [0.25, 0.3) is 16.7 Å². The van der Waals surface area contributed by atoms with Crippen molar-refractivity contribution >= 4 is 34.6 Å². The number of carbonyl (C=O) groups is 3. The zero-order valence-corrected chi connectivity index (χ0v) is 19.1. The lowest BCUT2D eigenvalue weighted by Crippen LogP contribution is -2.49. The van der Waals surface area contributed by atoms with Gasteiger partial charge in [0.15, 0.2) is 12.4 Å². The number of para-hydroxylation sites is 1. The highest BCUT2D eigenvalue weighted by molar-refractivity contribution is 6.08. The van der Waals surface area contributed by atoms with Crippen molar-refractivity contribution in [3.63, 3.8) is 0 Å². The van der Waals surface area contributed by atoms with Crippen molar-refractivity contribution in [2.45, 2.75) is 51.2 Å². The normalized spacial score (nSPS) is 22.6. The van der Waals surface area contributed by atoms with Gasteiger partial charge in [0.2, 0.25) is 5.78 Å². The summed E-state index contributed by atoms with van der Waals surface area (Å²) in [5.41, 5.74) is -0.523. The van der Waals surface area contributed by atoms with Gasteiger partial charge in [0.1, 0.15) is 12.1 Å². The highest BCUT2D eigenvalue weighted by Gasteiger charge is 2.52. The summed E-state index contributed by atoms with van der Waals surface area (Å²) in [4.78, 5) is 51.6. The molecule has 3 amide bonds. The van der Waals surface area contributed by atoms with Gasteiger partial charge >= 0.3 is 12.0 Å². The first-order chi connectivity index (χ1) is 16.3. The van der Waals surface area contributed by atoms with E-state index in [4.69, 9.17) is 4.74 Å². The maximum absolute atomic E-state index is 13.0. The van der Waals surface area contributed by atoms with Crippen LogP contribution in [0.5, 0.6) is 0 Å². The second kappa shape index (κ2) is 8.23.